The van der Waals surface area contributed by atoms with E-state index in [4.69, 9.17) is 21.1 Å². The third kappa shape index (κ3) is 3.15. The molecule has 1 aromatic carbocycles. The number of hydrogen-bond acceptors (Lipinski definition) is 4. The van der Waals surface area contributed by atoms with Crippen LogP contribution in [0.25, 0.3) is 0 Å². The lowest BCUT2D eigenvalue weighted by atomic mass is 9.90. The van der Waals surface area contributed by atoms with Crippen LogP contribution in [-0.2, 0) is 9.47 Å². The molecule has 114 valence electrons. The summed E-state index contributed by atoms with van der Waals surface area (Å²) in [5.74, 6) is -0.613. The quantitative estimate of drug-likeness (QED) is 0.880. The number of hydrogen-bond donors (Lipinski definition) is 2. The summed E-state index contributed by atoms with van der Waals surface area (Å²) in [7, 11) is 0. The van der Waals surface area contributed by atoms with Crippen molar-refractivity contribution in [1.82, 2.24) is 5.32 Å². The minimum absolute atomic E-state index is 0.0247. The molecular weight excluding hydrogens is 294 g/mol. The zero-order valence-corrected chi connectivity index (χ0v) is 12.4. The predicted molar refractivity (Wildman–Crippen MR) is 77.5 cm³/mol. The number of phenolic OH excluding ortho intramolecular Hbond substituents is 1. The van der Waals surface area contributed by atoms with Gasteiger partial charge in [-0.2, -0.15) is 0 Å². The molecule has 1 heterocycles. The molecule has 1 aromatic rings. The number of carbonyl (C=O) groups is 1. The van der Waals surface area contributed by atoms with Crippen LogP contribution in [0.2, 0.25) is 5.02 Å². The van der Waals surface area contributed by atoms with Crippen LogP contribution in [0.4, 0.5) is 0 Å². The molecule has 6 heteroatoms. The van der Waals surface area contributed by atoms with Crippen molar-refractivity contribution < 1.29 is 19.4 Å². The fourth-order valence-corrected chi connectivity index (χ4v) is 3.09. The highest BCUT2D eigenvalue weighted by molar-refractivity contribution is 6.32. The summed E-state index contributed by atoms with van der Waals surface area (Å²) in [6.07, 6.45) is 3.26. The van der Waals surface area contributed by atoms with E-state index in [-0.39, 0.29) is 22.7 Å². The van der Waals surface area contributed by atoms with Crippen LogP contribution in [-0.4, -0.2) is 36.1 Å². The molecule has 0 radical (unpaired) electrons. The van der Waals surface area contributed by atoms with E-state index >= 15 is 0 Å². The molecule has 1 aliphatic carbocycles. The molecule has 2 fully saturated rings. The Kier molecular flexibility index (Phi) is 4.06. The Morgan fingerprint density at radius 1 is 1.29 bits per heavy atom. The van der Waals surface area contributed by atoms with Crippen molar-refractivity contribution in [3.8, 4) is 5.75 Å². The van der Waals surface area contributed by atoms with Gasteiger partial charge in [-0.3, -0.25) is 4.79 Å². The van der Waals surface area contributed by atoms with Gasteiger partial charge in [0.2, 0.25) is 0 Å². The number of ether oxygens (including phenoxy) is 2. The van der Waals surface area contributed by atoms with E-state index in [0.29, 0.717) is 18.8 Å². The maximum Gasteiger partial charge on any atom is 0.251 e. The van der Waals surface area contributed by atoms with Gasteiger partial charge in [0.05, 0.1) is 18.2 Å². The fourth-order valence-electron chi connectivity index (χ4n) is 2.90. The Morgan fingerprint density at radius 2 is 1.95 bits per heavy atom. The second kappa shape index (κ2) is 5.83. The summed E-state index contributed by atoms with van der Waals surface area (Å²) in [6, 6.07) is 4.57. The first-order valence-corrected chi connectivity index (χ1v) is 7.53. The molecule has 0 unspecified atom stereocenters. The number of benzene rings is 1. The standard InChI is InChI=1S/C15H18ClNO4/c16-12-9-10(1-2-13(12)18)14(19)17-11-3-5-15(6-4-11)20-7-8-21-15/h1-2,9,11,18H,3-8H2,(H,17,19). The van der Waals surface area contributed by atoms with Crippen LogP contribution in [0.15, 0.2) is 18.2 Å². The van der Waals surface area contributed by atoms with Gasteiger partial charge < -0.3 is 19.9 Å². The second-order valence-corrected chi connectivity index (χ2v) is 5.93. The molecule has 1 saturated carbocycles. The molecule has 5 nitrogen and oxygen atoms in total. The van der Waals surface area contributed by atoms with Crippen LogP contribution in [0.3, 0.4) is 0 Å². The van der Waals surface area contributed by atoms with Gasteiger partial charge in [-0.05, 0) is 31.0 Å². The molecular formula is C15H18ClNO4. The SMILES string of the molecule is O=C(NC1CCC2(CC1)OCCO2)c1ccc(O)c(Cl)c1. The molecule has 0 aromatic heterocycles. The summed E-state index contributed by atoms with van der Waals surface area (Å²) >= 11 is 5.82. The van der Waals surface area contributed by atoms with Gasteiger partial charge in [0.25, 0.3) is 5.91 Å². The molecule has 0 atom stereocenters. The van der Waals surface area contributed by atoms with Crippen molar-refractivity contribution in [2.45, 2.75) is 37.5 Å². The fraction of sp³-hybridized carbons (Fsp3) is 0.533. The van der Waals surface area contributed by atoms with Crippen molar-refractivity contribution in [3.63, 3.8) is 0 Å². The maximum absolute atomic E-state index is 12.2. The number of carbonyl (C=O) groups excluding carboxylic acids is 1. The van der Waals surface area contributed by atoms with Gasteiger partial charge in [-0.15, -0.1) is 0 Å². The van der Waals surface area contributed by atoms with Gasteiger partial charge in [0.1, 0.15) is 5.75 Å². The summed E-state index contributed by atoms with van der Waals surface area (Å²) in [4.78, 5) is 12.2. The topological polar surface area (TPSA) is 67.8 Å². The van der Waals surface area contributed by atoms with Crippen molar-refractivity contribution in [2.24, 2.45) is 0 Å². The van der Waals surface area contributed by atoms with Crippen LogP contribution >= 0.6 is 11.6 Å². The van der Waals surface area contributed by atoms with E-state index in [1.165, 1.54) is 12.1 Å². The smallest absolute Gasteiger partial charge is 0.251 e. The molecule has 0 bridgehead atoms. The molecule has 21 heavy (non-hydrogen) atoms. The van der Waals surface area contributed by atoms with E-state index in [1.54, 1.807) is 6.07 Å². The van der Waals surface area contributed by atoms with Crippen molar-refractivity contribution >= 4 is 17.5 Å². The second-order valence-electron chi connectivity index (χ2n) is 5.52. The minimum Gasteiger partial charge on any atom is -0.506 e. The number of phenols is 1. The van der Waals surface area contributed by atoms with Crippen LogP contribution in [0, 0.1) is 0 Å². The Labute approximate surface area is 128 Å². The zero-order chi connectivity index (χ0) is 14.9. The first kappa shape index (κ1) is 14.6. The third-order valence-corrected chi connectivity index (χ3v) is 4.41. The molecule has 1 aliphatic heterocycles. The monoisotopic (exact) mass is 311 g/mol. The average molecular weight is 312 g/mol. The Hall–Kier alpha value is -1.30. The number of halogens is 1. The first-order valence-electron chi connectivity index (χ1n) is 7.15. The van der Waals surface area contributed by atoms with E-state index in [2.05, 4.69) is 5.32 Å². The Morgan fingerprint density at radius 3 is 2.57 bits per heavy atom. The van der Waals surface area contributed by atoms with Crippen LogP contribution in [0.5, 0.6) is 5.75 Å². The average Bonchev–Trinajstić information content (AvgIpc) is 2.93. The normalized spacial score (nSPS) is 21.6. The number of aromatic hydroxyl groups is 1. The van der Waals surface area contributed by atoms with Gasteiger partial charge in [0, 0.05) is 24.4 Å². The molecule has 1 saturated heterocycles. The number of rotatable bonds is 2. The van der Waals surface area contributed by atoms with Gasteiger partial charge >= 0.3 is 0 Å². The minimum atomic E-state index is -0.414. The lowest BCUT2D eigenvalue weighted by Crippen LogP contribution is -2.44. The zero-order valence-electron chi connectivity index (χ0n) is 11.6. The molecule has 2 N–H and O–H groups in total. The van der Waals surface area contributed by atoms with E-state index in [0.717, 1.165) is 25.7 Å². The van der Waals surface area contributed by atoms with Crippen molar-refractivity contribution in [2.75, 3.05) is 13.2 Å². The van der Waals surface area contributed by atoms with Crippen LogP contribution in [0.1, 0.15) is 36.0 Å². The third-order valence-electron chi connectivity index (χ3n) is 4.11. The van der Waals surface area contributed by atoms with Crippen LogP contribution < -0.4 is 5.32 Å². The van der Waals surface area contributed by atoms with E-state index in [9.17, 15) is 9.90 Å². The van der Waals surface area contributed by atoms with Gasteiger partial charge in [0.15, 0.2) is 5.79 Å². The van der Waals surface area contributed by atoms with Crippen molar-refractivity contribution in [1.29, 1.82) is 0 Å². The summed E-state index contributed by atoms with van der Waals surface area (Å²) in [5.41, 5.74) is 0.450. The highest BCUT2D eigenvalue weighted by Crippen LogP contribution is 2.35. The molecule has 2 aliphatic rings. The Bertz CT molecular complexity index is 532. The van der Waals surface area contributed by atoms with Gasteiger partial charge in [-0.1, -0.05) is 11.6 Å². The van der Waals surface area contributed by atoms with Gasteiger partial charge in [-0.25, -0.2) is 0 Å². The summed E-state index contributed by atoms with van der Waals surface area (Å²) < 4.78 is 11.3. The first-order chi connectivity index (χ1) is 10.1. The molecule has 1 amide bonds. The lowest BCUT2D eigenvalue weighted by molar-refractivity contribution is -0.179. The molecule has 1 spiro atoms. The highest BCUT2D eigenvalue weighted by atomic mass is 35.5. The number of nitrogens with one attached hydrogen (secondary N) is 1. The Balaban J connectivity index is 1.57. The number of amides is 1. The molecule has 3 rings (SSSR count). The highest BCUT2D eigenvalue weighted by Gasteiger charge is 2.40. The maximum atomic E-state index is 12.2. The lowest BCUT2D eigenvalue weighted by Gasteiger charge is -2.35. The van der Waals surface area contributed by atoms with Crippen molar-refractivity contribution in [3.05, 3.63) is 28.8 Å². The van der Waals surface area contributed by atoms with E-state index < -0.39 is 5.79 Å². The summed E-state index contributed by atoms with van der Waals surface area (Å²) in [6.45, 7) is 1.31. The predicted octanol–water partition coefficient (Wildman–Crippen LogP) is 2.46. The van der Waals surface area contributed by atoms with E-state index in [1.807, 2.05) is 0 Å². The summed E-state index contributed by atoms with van der Waals surface area (Å²) in [5, 5.41) is 12.5. The largest absolute Gasteiger partial charge is 0.506 e.